The lowest BCUT2D eigenvalue weighted by atomic mass is 9.96. The predicted octanol–water partition coefficient (Wildman–Crippen LogP) is 0.877. The Labute approximate surface area is 92.2 Å². The molecule has 1 aliphatic rings. The van der Waals surface area contributed by atoms with Crippen molar-refractivity contribution in [2.24, 2.45) is 11.8 Å². The van der Waals surface area contributed by atoms with E-state index in [1.165, 1.54) is 12.8 Å². The summed E-state index contributed by atoms with van der Waals surface area (Å²) in [5.74, 6) is 5.97. The third-order valence-electron chi connectivity index (χ3n) is 3.27. The highest BCUT2D eigenvalue weighted by atomic mass is 16.2. The van der Waals surface area contributed by atoms with Gasteiger partial charge in [-0.1, -0.05) is 20.3 Å². The first-order valence-corrected chi connectivity index (χ1v) is 5.93. The number of likely N-dealkylation sites (tertiary alicyclic amines) is 1. The van der Waals surface area contributed by atoms with Gasteiger partial charge in [-0.05, 0) is 38.3 Å². The van der Waals surface area contributed by atoms with Crippen LogP contribution in [0.4, 0.5) is 0 Å². The fourth-order valence-corrected chi connectivity index (χ4v) is 2.19. The maximum absolute atomic E-state index is 11.6. The highest BCUT2D eigenvalue weighted by Gasteiger charge is 2.27. The summed E-state index contributed by atoms with van der Waals surface area (Å²) in [6, 6.07) is -0.0208. The first kappa shape index (κ1) is 12.5. The van der Waals surface area contributed by atoms with E-state index in [0.717, 1.165) is 31.8 Å². The minimum absolute atomic E-state index is 0.0208. The summed E-state index contributed by atoms with van der Waals surface area (Å²) in [4.78, 5) is 13.9. The van der Waals surface area contributed by atoms with E-state index < -0.39 is 0 Å². The van der Waals surface area contributed by atoms with Crippen molar-refractivity contribution in [2.45, 2.75) is 45.6 Å². The standard InChI is InChI=1S/C11H23N3O/c1-3-4-10(11(15)13-12)14-7-5-9(2)6-8-14/h9-10H,3-8,12H2,1-2H3,(H,13,15). The van der Waals surface area contributed by atoms with Crippen LogP contribution < -0.4 is 11.3 Å². The van der Waals surface area contributed by atoms with Gasteiger partial charge in [-0.25, -0.2) is 5.84 Å². The molecular formula is C11H23N3O. The van der Waals surface area contributed by atoms with E-state index in [9.17, 15) is 4.79 Å². The molecule has 0 bridgehead atoms. The summed E-state index contributed by atoms with van der Waals surface area (Å²) in [7, 11) is 0. The molecule has 1 atom stereocenters. The number of carbonyl (C=O) groups excluding carboxylic acids is 1. The lowest BCUT2D eigenvalue weighted by molar-refractivity contribution is -0.127. The van der Waals surface area contributed by atoms with Gasteiger partial charge in [0.2, 0.25) is 0 Å². The van der Waals surface area contributed by atoms with Crippen LogP contribution >= 0.6 is 0 Å². The van der Waals surface area contributed by atoms with Crippen molar-refractivity contribution in [1.29, 1.82) is 0 Å². The average Bonchev–Trinajstić information content (AvgIpc) is 2.26. The van der Waals surface area contributed by atoms with Gasteiger partial charge < -0.3 is 0 Å². The Hall–Kier alpha value is -0.610. The van der Waals surface area contributed by atoms with Gasteiger partial charge in [0.05, 0.1) is 6.04 Å². The van der Waals surface area contributed by atoms with Crippen molar-refractivity contribution in [1.82, 2.24) is 10.3 Å². The van der Waals surface area contributed by atoms with Gasteiger partial charge in [0.15, 0.2) is 0 Å². The Balaban J connectivity index is 2.51. The monoisotopic (exact) mass is 213 g/mol. The van der Waals surface area contributed by atoms with Gasteiger partial charge in [0, 0.05) is 0 Å². The summed E-state index contributed by atoms with van der Waals surface area (Å²) >= 11 is 0. The van der Waals surface area contributed by atoms with Crippen LogP contribution in [0.25, 0.3) is 0 Å². The van der Waals surface area contributed by atoms with Crippen molar-refractivity contribution in [3.63, 3.8) is 0 Å². The number of carbonyl (C=O) groups is 1. The van der Waals surface area contributed by atoms with E-state index in [4.69, 9.17) is 5.84 Å². The Morgan fingerprint density at radius 3 is 2.60 bits per heavy atom. The van der Waals surface area contributed by atoms with Gasteiger partial charge >= 0.3 is 0 Å². The molecule has 0 aliphatic carbocycles. The lowest BCUT2D eigenvalue weighted by Crippen LogP contribution is -2.51. The zero-order valence-electron chi connectivity index (χ0n) is 9.83. The van der Waals surface area contributed by atoms with Crippen LogP contribution in [-0.2, 0) is 4.79 Å². The molecule has 4 nitrogen and oxygen atoms in total. The number of nitrogens with one attached hydrogen (secondary N) is 1. The number of amides is 1. The summed E-state index contributed by atoms with van der Waals surface area (Å²) in [6.07, 6.45) is 4.30. The predicted molar refractivity (Wildman–Crippen MR) is 61.0 cm³/mol. The third-order valence-corrected chi connectivity index (χ3v) is 3.27. The van der Waals surface area contributed by atoms with Crippen LogP contribution in [0.5, 0.6) is 0 Å². The first-order chi connectivity index (χ1) is 7.19. The van der Waals surface area contributed by atoms with Crippen LogP contribution in [0.15, 0.2) is 0 Å². The molecule has 4 heteroatoms. The molecule has 0 spiro atoms. The zero-order chi connectivity index (χ0) is 11.3. The quantitative estimate of drug-likeness (QED) is 0.414. The van der Waals surface area contributed by atoms with Crippen molar-refractivity contribution in [3.8, 4) is 0 Å². The van der Waals surface area contributed by atoms with Gasteiger partial charge in [-0.3, -0.25) is 15.1 Å². The van der Waals surface area contributed by atoms with Gasteiger partial charge in [0.1, 0.15) is 0 Å². The Morgan fingerprint density at radius 2 is 2.13 bits per heavy atom. The highest BCUT2D eigenvalue weighted by molar-refractivity contribution is 5.81. The Kier molecular flexibility index (Phi) is 5.05. The lowest BCUT2D eigenvalue weighted by Gasteiger charge is -2.35. The maximum Gasteiger partial charge on any atom is 0.251 e. The summed E-state index contributed by atoms with van der Waals surface area (Å²) in [5, 5.41) is 0. The van der Waals surface area contributed by atoms with Gasteiger partial charge in [0.25, 0.3) is 5.91 Å². The molecule has 3 N–H and O–H groups in total. The fourth-order valence-electron chi connectivity index (χ4n) is 2.19. The number of nitrogens with two attached hydrogens (primary N) is 1. The largest absolute Gasteiger partial charge is 0.293 e. The SMILES string of the molecule is CCCC(C(=O)NN)N1CCC(C)CC1. The molecule has 1 amide bonds. The molecule has 1 aliphatic heterocycles. The van der Waals surface area contributed by atoms with Crippen LogP contribution in [0, 0.1) is 5.92 Å². The van der Waals surface area contributed by atoms with E-state index in [0.29, 0.717) is 0 Å². The third kappa shape index (κ3) is 3.47. The summed E-state index contributed by atoms with van der Waals surface area (Å²) in [6.45, 7) is 6.43. The molecule has 88 valence electrons. The molecular weight excluding hydrogens is 190 g/mol. The molecule has 0 aromatic heterocycles. The molecule has 0 radical (unpaired) electrons. The van der Waals surface area contributed by atoms with Crippen LogP contribution in [0.2, 0.25) is 0 Å². The van der Waals surface area contributed by atoms with E-state index in [2.05, 4.69) is 24.2 Å². The smallest absolute Gasteiger partial charge is 0.251 e. The number of hydrogen-bond acceptors (Lipinski definition) is 3. The van der Waals surface area contributed by atoms with Gasteiger partial charge in [-0.2, -0.15) is 0 Å². The molecule has 1 unspecified atom stereocenters. The minimum atomic E-state index is -0.0357. The second-order valence-corrected chi connectivity index (χ2v) is 4.53. The second-order valence-electron chi connectivity index (χ2n) is 4.53. The van der Waals surface area contributed by atoms with Crippen molar-refractivity contribution in [3.05, 3.63) is 0 Å². The molecule has 1 rings (SSSR count). The summed E-state index contributed by atoms with van der Waals surface area (Å²) in [5.41, 5.74) is 2.28. The van der Waals surface area contributed by atoms with Crippen molar-refractivity contribution in [2.75, 3.05) is 13.1 Å². The molecule has 1 fully saturated rings. The van der Waals surface area contributed by atoms with Crippen LogP contribution in [-0.4, -0.2) is 29.9 Å². The number of hydrogen-bond donors (Lipinski definition) is 2. The molecule has 1 saturated heterocycles. The molecule has 0 saturated carbocycles. The number of piperidine rings is 1. The first-order valence-electron chi connectivity index (χ1n) is 5.93. The van der Waals surface area contributed by atoms with E-state index >= 15 is 0 Å². The van der Waals surface area contributed by atoms with Crippen molar-refractivity contribution >= 4 is 5.91 Å². The van der Waals surface area contributed by atoms with Crippen molar-refractivity contribution < 1.29 is 4.79 Å². The molecule has 0 aromatic rings. The van der Waals surface area contributed by atoms with Crippen LogP contribution in [0.1, 0.15) is 39.5 Å². The highest BCUT2D eigenvalue weighted by Crippen LogP contribution is 2.19. The Morgan fingerprint density at radius 1 is 1.53 bits per heavy atom. The zero-order valence-corrected chi connectivity index (χ0v) is 9.83. The Bertz CT molecular complexity index is 200. The minimum Gasteiger partial charge on any atom is -0.293 e. The number of nitrogens with zero attached hydrogens (tertiary/aromatic N) is 1. The topological polar surface area (TPSA) is 58.4 Å². The number of rotatable bonds is 4. The molecule has 1 heterocycles. The van der Waals surface area contributed by atoms with E-state index in [1.54, 1.807) is 0 Å². The van der Waals surface area contributed by atoms with E-state index in [-0.39, 0.29) is 11.9 Å². The maximum atomic E-state index is 11.6. The van der Waals surface area contributed by atoms with Gasteiger partial charge in [-0.15, -0.1) is 0 Å². The summed E-state index contributed by atoms with van der Waals surface area (Å²) < 4.78 is 0. The average molecular weight is 213 g/mol. The second kappa shape index (κ2) is 6.08. The van der Waals surface area contributed by atoms with E-state index in [1.807, 2.05) is 0 Å². The fraction of sp³-hybridized carbons (Fsp3) is 0.909. The molecule has 15 heavy (non-hydrogen) atoms. The molecule has 0 aromatic carbocycles. The van der Waals surface area contributed by atoms with Crippen LogP contribution in [0.3, 0.4) is 0 Å². The number of hydrazine groups is 1. The normalized spacial score (nSPS) is 21.3.